The van der Waals surface area contributed by atoms with Crippen LogP contribution in [0.4, 0.5) is 0 Å². The van der Waals surface area contributed by atoms with Crippen LogP contribution in [0.2, 0.25) is 0 Å². The molecule has 0 atom stereocenters. The predicted molar refractivity (Wildman–Crippen MR) is 97.7 cm³/mol. The number of rotatable bonds is 4. The summed E-state index contributed by atoms with van der Waals surface area (Å²) in [5.74, 6) is 0.573. The van der Waals surface area contributed by atoms with Crippen LogP contribution in [0.15, 0.2) is 21.3 Å². The highest BCUT2D eigenvalue weighted by molar-refractivity contribution is 7.91. The monoisotopic (exact) mass is 370 g/mol. The number of hydrogen-bond acceptors (Lipinski definition) is 4. The van der Waals surface area contributed by atoms with E-state index in [0.717, 1.165) is 50.1 Å². The van der Waals surface area contributed by atoms with Crippen LogP contribution in [0.3, 0.4) is 0 Å². The molecule has 2 fully saturated rings. The van der Waals surface area contributed by atoms with Gasteiger partial charge in [0.15, 0.2) is 5.96 Å². The molecule has 3 heterocycles. The number of likely N-dealkylation sites (tertiary alicyclic amines) is 1. The van der Waals surface area contributed by atoms with Crippen molar-refractivity contribution in [1.82, 2.24) is 9.21 Å². The molecular formula is C16H26N4O2S2. The molecular weight excluding hydrogens is 344 g/mol. The van der Waals surface area contributed by atoms with Gasteiger partial charge < -0.3 is 10.6 Å². The highest BCUT2D eigenvalue weighted by atomic mass is 32.2. The molecule has 0 aliphatic carbocycles. The maximum absolute atomic E-state index is 12.7. The van der Waals surface area contributed by atoms with E-state index < -0.39 is 10.0 Å². The average Bonchev–Trinajstić information content (AvgIpc) is 3.11. The maximum atomic E-state index is 12.7. The predicted octanol–water partition coefficient (Wildman–Crippen LogP) is 2.22. The van der Waals surface area contributed by atoms with E-state index in [4.69, 9.17) is 5.73 Å². The Morgan fingerprint density at radius 2 is 1.67 bits per heavy atom. The zero-order valence-electron chi connectivity index (χ0n) is 14.0. The summed E-state index contributed by atoms with van der Waals surface area (Å²) in [6.07, 6.45) is 6.60. The van der Waals surface area contributed by atoms with Crippen molar-refractivity contribution in [2.75, 3.05) is 26.2 Å². The second kappa shape index (κ2) is 7.84. The van der Waals surface area contributed by atoms with E-state index in [9.17, 15) is 8.42 Å². The first-order chi connectivity index (χ1) is 11.6. The van der Waals surface area contributed by atoms with Crippen LogP contribution in [-0.4, -0.2) is 49.8 Å². The summed E-state index contributed by atoms with van der Waals surface area (Å²) < 4.78 is 27.3. The molecule has 134 valence electrons. The highest BCUT2D eigenvalue weighted by Crippen LogP contribution is 2.27. The summed E-state index contributed by atoms with van der Waals surface area (Å²) in [5.41, 5.74) is 6.06. The van der Waals surface area contributed by atoms with Crippen molar-refractivity contribution in [3.05, 3.63) is 17.0 Å². The Bertz CT molecular complexity index is 672. The lowest BCUT2D eigenvalue weighted by Gasteiger charge is -2.27. The molecule has 0 amide bonds. The molecule has 0 bridgehead atoms. The Morgan fingerprint density at radius 1 is 1.04 bits per heavy atom. The normalized spacial score (nSPS) is 21.2. The van der Waals surface area contributed by atoms with Gasteiger partial charge in [0.2, 0.25) is 0 Å². The number of nitrogens with zero attached hydrogens (tertiary/aromatic N) is 3. The summed E-state index contributed by atoms with van der Waals surface area (Å²) in [5, 5.41) is 0. The molecule has 8 heteroatoms. The third kappa shape index (κ3) is 4.10. The average molecular weight is 371 g/mol. The Labute approximate surface area is 148 Å². The van der Waals surface area contributed by atoms with Crippen LogP contribution in [0.1, 0.15) is 43.4 Å². The van der Waals surface area contributed by atoms with Crippen molar-refractivity contribution in [3.8, 4) is 0 Å². The zero-order valence-corrected chi connectivity index (χ0v) is 15.6. The molecule has 0 radical (unpaired) electrons. The van der Waals surface area contributed by atoms with Gasteiger partial charge in [-0.2, -0.15) is 4.31 Å². The Morgan fingerprint density at radius 3 is 2.33 bits per heavy atom. The summed E-state index contributed by atoms with van der Waals surface area (Å²) in [6, 6.07) is 3.56. The van der Waals surface area contributed by atoms with Crippen LogP contribution in [-0.2, 0) is 16.6 Å². The van der Waals surface area contributed by atoms with E-state index in [2.05, 4.69) is 9.89 Å². The minimum absolute atomic E-state index is 0.422. The van der Waals surface area contributed by atoms with E-state index in [1.807, 2.05) is 6.07 Å². The zero-order chi connectivity index (χ0) is 17.0. The standard InChI is InChI=1S/C16H26N4O2S2/c17-16(19-9-3-1-4-10-19)18-13-14-7-8-15(23-14)24(21,22)20-11-5-2-6-12-20/h7-8H,1-6,9-13H2,(H2,17,18). The fourth-order valence-corrected chi connectivity index (χ4v) is 6.15. The lowest BCUT2D eigenvalue weighted by atomic mass is 10.1. The first kappa shape index (κ1) is 17.7. The molecule has 6 nitrogen and oxygen atoms in total. The van der Waals surface area contributed by atoms with Gasteiger partial charge >= 0.3 is 0 Å². The van der Waals surface area contributed by atoms with E-state index in [1.165, 1.54) is 17.8 Å². The fourth-order valence-electron chi connectivity index (χ4n) is 3.20. The van der Waals surface area contributed by atoms with Crippen LogP contribution in [0.25, 0.3) is 0 Å². The molecule has 2 aliphatic heterocycles. The summed E-state index contributed by atoms with van der Waals surface area (Å²) >= 11 is 1.31. The number of aliphatic imine (C=N–C) groups is 1. The van der Waals surface area contributed by atoms with Crippen molar-refractivity contribution in [1.29, 1.82) is 0 Å². The topological polar surface area (TPSA) is 79.0 Å². The smallest absolute Gasteiger partial charge is 0.252 e. The quantitative estimate of drug-likeness (QED) is 0.651. The minimum Gasteiger partial charge on any atom is -0.370 e. The number of hydrogen-bond donors (Lipinski definition) is 1. The lowest BCUT2D eigenvalue weighted by molar-refractivity contribution is 0.338. The molecule has 0 aromatic carbocycles. The number of guanidine groups is 1. The first-order valence-corrected chi connectivity index (χ1v) is 11.0. The fraction of sp³-hybridized carbons (Fsp3) is 0.688. The van der Waals surface area contributed by atoms with Gasteiger partial charge in [-0.25, -0.2) is 13.4 Å². The molecule has 2 saturated heterocycles. The van der Waals surface area contributed by atoms with Crippen LogP contribution < -0.4 is 5.73 Å². The van der Waals surface area contributed by atoms with E-state index in [0.29, 0.717) is 29.8 Å². The second-order valence-corrected chi connectivity index (χ2v) is 9.74. The number of nitrogens with two attached hydrogens (primary N) is 1. The summed E-state index contributed by atoms with van der Waals surface area (Å²) in [7, 11) is -3.34. The molecule has 1 aromatic rings. The van der Waals surface area contributed by atoms with Gasteiger partial charge in [-0.15, -0.1) is 11.3 Å². The highest BCUT2D eigenvalue weighted by Gasteiger charge is 2.27. The molecule has 24 heavy (non-hydrogen) atoms. The Hall–Kier alpha value is -1.12. The number of sulfonamides is 1. The van der Waals surface area contributed by atoms with Gasteiger partial charge in [-0.1, -0.05) is 6.42 Å². The van der Waals surface area contributed by atoms with Gasteiger partial charge in [-0.3, -0.25) is 0 Å². The molecule has 0 unspecified atom stereocenters. The molecule has 3 rings (SSSR count). The van der Waals surface area contributed by atoms with Crippen molar-refractivity contribution < 1.29 is 8.42 Å². The minimum atomic E-state index is -3.34. The van der Waals surface area contributed by atoms with Crippen molar-refractivity contribution in [3.63, 3.8) is 0 Å². The largest absolute Gasteiger partial charge is 0.370 e. The van der Waals surface area contributed by atoms with Crippen molar-refractivity contribution in [2.24, 2.45) is 10.7 Å². The van der Waals surface area contributed by atoms with Crippen LogP contribution in [0.5, 0.6) is 0 Å². The summed E-state index contributed by atoms with van der Waals surface area (Å²) in [4.78, 5) is 7.50. The third-order valence-electron chi connectivity index (χ3n) is 4.62. The van der Waals surface area contributed by atoms with Gasteiger partial charge in [-0.05, 0) is 44.2 Å². The molecule has 2 aliphatic rings. The van der Waals surface area contributed by atoms with Gasteiger partial charge in [0.1, 0.15) is 4.21 Å². The van der Waals surface area contributed by atoms with E-state index in [-0.39, 0.29) is 0 Å². The van der Waals surface area contributed by atoms with E-state index in [1.54, 1.807) is 10.4 Å². The SMILES string of the molecule is NC(=NCc1ccc(S(=O)(=O)N2CCCCC2)s1)N1CCCCC1. The van der Waals surface area contributed by atoms with E-state index >= 15 is 0 Å². The van der Waals surface area contributed by atoms with Crippen molar-refractivity contribution >= 4 is 27.3 Å². The Kier molecular flexibility index (Phi) is 5.78. The first-order valence-electron chi connectivity index (χ1n) is 8.71. The maximum Gasteiger partial charge on any atom is 0.252 e. The molecule has 0 saturated carbocycles. The van der Waals surface area contributed by atoms with Gasteiger partial charge in [0, 0.05) is 31.1 Å². The molecule has 1 aromatic heterocycles. The molecule has 2 N–H and O–H groups in total. The molecule has 0 spiro atoms. The summed E-state index contributed by atoms with van der Waals surface area (Å²) in [6.45, 7) is 3.65. The van der Waals surface area contributed by atoms with Crippen LogP contribution >= 0.6 is 11.3 Å². The van der Waals surface area contributed by atoms with Gasteiger partial charge in [0.25, 0.3) is 10.0 Å². The van der Waals surface area contributed by atoms with Gasteiger partial charge in [0.05, 0.1) is 6.54 Å². The Balaban J connectivity index is 1.64. The van der Waals surface area contributed by atoms with Crippen molar-refractivity contribution in [2.45, 2.75) is 49.3 Å². The van der Waals surface area contributed by atoms with Crippen LogP contribution in [0, 0.1) is 0 Å². The lowest BCUT2D eigenvalue weighted by Crippen LogP contribution is -2.40. The third-order valence-corrected chi connectivity index (χ3v) is 8.06. The number of thiophene rings is 1. The second-order valence-electron chi connectivity index (χ2n) is 6.41. The number of piperidine rings is 2.